The van der Waals surface area contributed by atoms with Crippen LogP contribution in [0.25, 0.3) is 0 Å². The van der Waals surface area contributed by atoms with E-state index in [-0.39, 0.29) is 11.5 Å². The van der Waals surface area contributed by atoms with Crippen molar-refractivity contribution in [2.45, 2.75) is 38.0 Å². The van der Waals surface area contributed by atoms with Crippen molar-refractivity contribution in [3.05, 3.63) is 83.1 Å². The molecule has 0 bridgehead atoms. The van der Waals surface area contributed by atoms with Crippen molar-refractivity contribution in [2.24, 2.45) is 16.5 Å². The molecule has 3 aliphatic heterocycles. The van der Waals surface area contributed by atoms with Crippen LogP contribution in [0.2, 0.25) is 0 Å². The molecule has 4 aliphatic rings. The third kappa shape index (κ3) is 5.23. The van der Waals surface area contributed by atoms with Crippen LogP contribution in [0.15, 0.2) is 77.1 Å². The predicted molar refractivity (Wildman–Crippen MR) is 134 cm³/mol. The van der Waals surface area contributed by atoms with E-state index in [0.717, 1.165) is 16.8 Å². The second-order valence-electron chi connectivity index (χ2n) is 10.5. The quantitative estimate of drug-likeness (QED) is 0.575. The summed E-state index contributed by atoms with van der Waals surface area (Å²) in [5, 5.41) is 16.6. The van der Waals surface area contributed by atoms with Gasteiger partial charge in [-0.05, 0) is 23.3 Å². The van der Waals surface area contributed by atoms with E-state index in [1.165, 1.54) is 12.2 Å². The van der Waals surface area contributed by atoms with Gasteiger partial charge in [0.05, 0.1) is 16.8 Å². The van der Waals surface area contributed by atoms with E-state index < -0.39 is 28.7 Å². The first-order valence-electron chi connectivity index (χ1n) is 12.5. The lowest BCUT2D eigenvalue weighted by molar-refractivity contribution is -0.0901. The van der Waals surface area contributed by atoms with Gasteiger partial charge in [-0.1, -0.05) is 54.6 Å². The van der Waals surface area contributed by atoms with Gasteiger partial charge < -0.3 is 20.2 Å². The van der Waals surface area contributed by atoms with Gasteiger partial charge in [-0.3, -0.25) is 0 Å². The number of dihydropyridines is 1. The fraction of sp³-hybridized carbons (Fsp3) is 0.429. The first kappa shape index (κ1) is 25.3. The van der Waals surface area contributed by atoms with E-state index in [1.54, 1.807) is 30.3 Å². The lowest BCUT2D eigenvalue weighted by Crippen LogP contribution is -2.49. The van der Waals surface area contributed by atoms with Crippen LogP contribution >= 0.6 is 0 Å². The van der Waals surface area contributed by atoms with Crippen molar-refractivity contribution in [3.8, 4) is 0 Å². The summed E-state index contributed by atoms with van der Waals surface area (Å²) in [6.07, 6.45) is 7.83. The molecule has 1 aliphatic carbocycles. The maximum Gasteiger partial charge on any atom is 0.416 e. The SMILES string of the molecule is CC1(CN2CCC3(CC2)CC(c2ccc(C(=O)O)cc2)=NO3)C=C(C(F)(F)F)C=CC1C1=CNCC=C1. The zero-order chi connectivity index (χ0) is 26.3. The number of allylic oxidation sites excluding steroid dienone is 5. The number of piperidine rings is 1. The molecule has 1 aromatic rings. The molecular weight excluding hydrogens is 483 g/mol. The number of aromatic carboxylic acids is 1. The fourth-order valence-electron chi connectivity index (χ4n) is 5.76. The topological polar surface area (TPSA) is 74.2 Å². The molecule has 1 spiro atoms. The number of carbonyl (C=O) groups is 1. The third-order valence-corrected chi connectivity index (χ3v) is 7.80. The lowest BCUT2D eigenvalue weighted by Gasteiger charge is -2.44. The highest BCUT2D eigenvalue weighted by molar-refractivity contribution is 6.02. The van der Waals surface area contributed by atoms with Crippen LogP contribution in [0.5, 0.6) is 0 Å². The molecule has 1 fully saturated rings. The van der Waals surface area contributed by atoms with Crippen LogP contribution in [0.3, 0.4) is 0 Å². The molecule has 1 aromatic carbocycles. The molecule has 5 rings (SSSR count). The summed E-state index contributed by atoms with van der Waals surface area (Å²) < 4.78 is 40.9. The average molecular weight is 514 g/mol. The molecule has 0 aromatic heterocycles. The Morgan fingerprint density at radius 1 is 1.22 bits per heavy atom. The van der Waals surface area contributed by atoms with Gasteiger partial charge in [0.2, 0.25) is 0 Å². The van der Waals surface area contributed by atoms with Crippen LogP contribution < -0.4 is 5.32 Å². The minimum absolute atomic E-state index is 0.176. The van der Waals surface area contributed by atoms with Crippen LogP contribution in [-0.4, -0.2) is 59.6 Å². The number of rotatable bonds is 5. The number of nitrogens with zero attached hydrogens (tertiary/aromatic N) is 2. The Kier molecular flexibility index (Phi) is 6.52. The summed E-state index contributed by atoms with van der Waals surface area (Å²) in [7, 11) is 0. The second kappa shape index (κ2) is 9.52. The number of oxime groups is 1. The molecule has 0 amide bonds. The Morgan fingerprint density at radius 3 is 2.57 bits per heavy atom. The van der Waals surface area contributed by atoms with E-state index in [9.17, 15) is 18.0 Å². The number of benzene rings is 1. The highest BCUT2D eigenvalue weighted by Gasteiger charge is 2.46. The number of likely N-dealkylation sites (tertiary alicyclic amines) is 1. The number of nitrogens with one attached hydrogen (secondary N) is 1. The van der Waals surface area contributed by atoms with Crippen molar-refractivity contribution < 1.29 is 27.9 Å². The summed E-state index contributed by atoms with van der Waals surface area (Å²) in [5.41, 5.74) is 1.05. The molecule has 1 saturated heterocycles. The summed E-state index contributed by atoms with van der Waals surface area (Å²) in [4.78, 5) is 19.3. The molecule has 2 N–H and O–H groups in total. The van der Waals surface area contributed by atoms with Gasteiger partial charge in [0.1, 0.15) is 5.60 Å². The van der Waals surface area contributed by atoms with Crippen LogP contribution in [-0.2, 0) is 4.84 Å². The minimum atomic E-state index is -4.39. The zero-order valence-electron chi connectivity index (χ0n) is 20.6. The molecule has 6 nitrogen and oxygen atoms in total. The summed E-state index contributed by atoms with van der Waals surface area (Å²) in [5.74, 6) is -1.15. The van der Waals surface area contributed by atoms with Gasteiger partial charge >= 0.3 is 12.1 Å². The Hall–Kier alpha value is -3.33. The fourth-order valence-corrected chi connectivity index (χ4v) is 5.76. The molecule has 37 heavy (non-hydrogen) atoms. The maximum atomic E-state index is 13.6. The van der Waals surface area contributed by atoms with Gasteiger partial charge in [0.25, 0.3) is 0 Å². The standard InChI is InChI=1S/C28H30F3N3O3/c1-26(15-22(28(29,30)31)8-9-23(26)21-3-2-12-32-17-21)18-34-13-10-27(11-14-34)16-24(33-37-27)19-4-6-20(7-5-19)25(35)36/h2-9,15,17,23,32H,10-14,16,18H2,1H3,(H,35,36). The molecule has 196 valence electrons. The maximum absolute atomic E-state index is 13.6. The largest absolute Gasteiger partial charge is 0.478 e. The van der Waals surface area contributed by atoms with Crippen molar-refractivity contribution >= 4 is 11.7 Å². The predicted octanol–water partition coefficient (Wildman–Crippen LogP) is 5.07. The van der Waals surface area contributed by atoms with Crippen LogP contribution in [0.1, 0.15) is 42.1 Å². The first-order chi connectivity index (χ1) is 17.6. The van der Waals surface area contributed by atoms with Crippen molar-refractivity contribution in [2.75, 3.05) is 26.2 Å². The number of alkyl halides is 3. The van der Waals surface area contributed by atoms with E-state index in [1.807, 2.05) is 25.3 Å². The van der Waals surface area contributed by atoms with Crippen LogP contribution in [0.4, 0.5) is 13.2 Å². The monoisotopic (exact) mass is 513 g/mol. The molecule has 0 radical (unpaired) electrons. The average Bonchev–Trinajstić information content (AvgIpc) is 3.29. The molecular formula is C28H30F3N3O3. The zero-order valence-corrected chi connectivity index (χ0v) is 20.6. The second-order valence-corrected chi connectivity index (χ2v) is 10.5. The number of halogens is 3. The lowest BCUT2D eigenvalue weighted by atomic mass is 9.68. The van der Waals surface area contributed by atoms with E-state index in [2.05, 4.69) is 15.4 Å². The normalized spacial score (nSPS) is 27.2. The Bertz CT molecular complexity index is 1210. The Morgan fingerprint density at radius 2 is 1.95 bits per heavy atom. The number of hydrogen-bond donors (Lipinski definition) is 2. The summed E-state index contributed by atoms with van der Waals surface area (Å²) in [6, 6.07) is 6.59. The van der Waals surface area contributed by atoms with Gasteiger partial charge in [-0.2, -0.15) is 13.2 Å². The third-order valence-electron chi connectivity index (χ3n) is 7.80. The minimum Gasteiger partial charge on any atom is -0.478 e. The number of carboxylic acids is 1. The van der Waals surface area contributed by atoms with E-state index in [0.29, 0.717) is 45.4 Å². The number of carboxylic acid groups (broad SMARTS) is 1. The van der Waals surface area contributed by atoms with Crippen molar-refractivity contribution in [1.82, 2.24) is 10.2 Å². The van der Waals surface area contributed by atoms with Gasteiger partial charge in [0.15, 0.2) is 0 Å². The van der Waals surface area contributed by atoms with Gasteiger partial charge in [-0.15, -0.1) is 0 Å². The highest BCUT2D eigenvalue weighted by Crippen LogP contribution is 2.45. The van der Waals surface area contributed by atoms with Crippen LogP contribution in [0, 0.1) is 11.3 Å². The molecule has 9 heteroatoms. The van der Waals surface area contributed by atoms with Crippen molar-refractivity contribution in [3.63, 3.8) is 0 Å². The first-order valence-corrected chi connectivity index (χ1v) is 12.5. The molecule has 0 saturated carbocycles. The van der Waals surface area contributed by atoms with E-state index >= 15 is 0 Å². The van der Waals surface area contributed by atoms with E-state index in [4.69, 9.17) is 9.94 Å². The Balaban J connectivity index is 1.26. The smallest absolute Gasteiger partial charge is 0.416 e. The van der Waals surface area contributed by atoms with Gasteiger partial charge in [-0.25, -0.2) is 4.79 Å². The van der Waals surface area contributed by atoms with Gasteiger partial charge in [0, 0.05) is 63.0 Å². The highest BCUT2D eigenvalue weighted by atomic mass is 19.4. The summed E-state index contributed by atoms with van der Waals surface area (Å²) in [6.45, 7) is 4.49. The molecule has 2 atom stereocenters. The number of hydrogen-bond acceptors (Lipinski definition) is 5. The molecule has 3 heterocycles. The Labute approximate surface area is 213 Å². The summed E-state index contributed by atoms with van der Waals surface area (Å²) >= 11 is 0. The van der Waals surface area contributed by atoms with Crippen molar-refractivity contribution in [1.29, 1.82) is 0 Å². The molecule has 2 unspecified atom stereocenters.